The lowest BCUT2D eigenvalue weighted by Crippen LogP contribution is -2.04. The molecule has 0 fully saturated rings. The van der Waals surface area contributed by atoms with Crippen LogP contribution in [0.1, 0.15) is 12.8 Å². The van der Waals surface area contributed by atoms with Crippen molar-refractivity contribution in [2.75, 3.05) is 6.67 Å². The predicted octanol–water partition coefficient (Wildman–Crippen LogP) is 1.57. The molecule has 0 bridgehead atoms. The number of carbonyl (C=O) groups excluding carboxylic acids is 1. The second-order valence-electron chi connectivity index (χ2n) is 1.57. The summed E-state index contributed by atoms with van der Waals surface area (Å²) in [4.78, 5) is 10.1. The van der Waals surface area contributed by atoms with Crippen LogP contribution in [0.4, 0.5) is 13.2 Å². The predicted molar refractivity (Wildman–Crippen MR) is 26.2 cm³/mol. The normalized spacial score (nSPS) is 10.2. The Morgan fingerprint density at radius 2 is 2.00 bits per heavy atom. The SMILES string of the molecule is O=C(CCF)CC(F)F. The van der Waals surface area contributed by atoms with Gasteiger partial charge >= 0.3 is 0 Å². The van der Waals surface area contributed by atoms with Gasteiger partial charge in [-0.1, -0.05) is 0 Å². The molecule has 0 aromatic rings. The van der Waals surface area contributed by atoms with Crippen LogP contribution >= 0.6 is 0 Å². The van der Waals surface area contributed by atoms with Gasteiger partial charge in [-0.2, -0.15) is 0 Å². The van der Waals surface area contributed by atoms with Gasteiger partial charge in [0.25, 0.3) is 0 Å². The third-order valence-electron chi connectivity index (χ3n) is 0.755. The summed E-state index contributed by atoms with van der Waals surface area (Å²) >= 11 is 0. The first-order valence-electron chi connectivity index (χ1n) is 2.52. The van der Waals surface area contributed by atoms with Crippen molar-refractivity contribution in [2.45, 2.75) is 19.3 Å². The van der Waals surface area contributed by atoms with E-state index < -0.39 is 25.3 Å². The number of rotatable bonds is 4. The van der Waals surface area contributed by atoms with Crippen LogP contribution in [-0.2, 0) is 4.79 Å². The first-order chi connectivity index (χ1) is 4.16. The minimum atomic E-state index is -2.64. The highest BCUT2D eigenvalue weighted by molar-refractivity contribution is 5.78. The molecule has 0 aliphatic heterocycles. The number of ketones is 1. The second kappa shape index (κ2) is 4.35. The number of Topliss-reactive ketones (excluding diaryl/α,β-unsaturated/α-hetero) is 1. The van der Waals surface area contributed by atoms with Crippen molar-refractivity contribution >= 4 is 5.78 Å². The number of hydrogen-bond acceptors (Lipinski definition) is 1. The quantitative estimate of drug-likeness (QED) is 0.579. The van der Waals surface area contributed by atoms with E-state index in [1.54, 1.807) is 0 Å². The molecule has 0 saturated carbocycles. The Balaban J connectivity index is 3.27. The van der Waals surface area contributed by atoms with Crippen LogP contribution < -0.4 is 0 Å². The lowest BCUT2D eigenvalue weighted by molar-refractivity contribution is -0.121. The van der Waals surface area contributed by atoms with Gasteiger partial charge in [0.1, 0.15) is 5.78 Å². The molecule has 1 nitrogen and oxygen atoms in total. The average Bonchev–Trinajstić information content (AvgIpc) is 1.63. The first-order valence-corrected chi connectivity index (χ1v) is 2.52. The number of hydrogen-bond donors (Lipinski definition) is 0. The van der Waals surface area contributed by atoms with Crippen LogP contribution in [-0.4, -0.2) is 18.9 Å². The smallest absolute Gasteiger partial charge is 0.245 e. The Morgan fingerprint density at radius 3 is 2.33 bits per heavy atom. The minimum Gasteiger partial charge on any atom is -0.299 e. The average molecular weight is 140 g/mol. The third kappa shape index (κ3) is 5.33. The molecule has 0 heterocycles. The molecule has 0 aliphatic carbocycles. The van der Waals surface area contributed by atoms with Gasteiger partial charge in [0.15, 0.2) is 0 Å². The molecule has 0 unspecified atom stereocenters. The summed E-state index contributed by atoms with van der Waals surface area (Å²) in [5.41, 5.74) is 0. The van der Waals surface area contributed by atoms with E-state index in [0.29, 0.717) is 0 Å². The van der Waals surface area contributed by atoms with Crippen LogP contribution in [0.2, 0.25) is 0 Å². The first kappa shape index (κ1) is 8.46. The molecule has 0 aliphatic rings. The van der Waals surface area contributed by atoms with Crippen LogP contribution in [0.15, 0.2) is 0 Å². The van der Waals surface area contributed by atoms with E-state index in [4.69, 9.17) is 0 Å². The summed E-state index contributed by atoms with van der Waals surface area (Å²) < 4.78 is 33.8. The summed E-state index contributed by atoms with van der Waals surface area (Å²) in [7, 11) is 0. The Morgan fingerprint density at radius 1 is 1.44 bits per heavy atom. The number of halogens is 3. The highest BCUT2D eigenvalue weighted by Gasteiger charge is 2.09. The van der Waals surface area contributed by atoms with Gasteiger partial charge in [-0.05, 0) is 0 Å². The van der Waals surface area contributed by atoms with Gasteiger partial charge in [-0.15, -0.1) is 0 Å². The van der Waals surface area contributed by atoms with Crippen molar-refractivity contribution in [3.63, 3.8) is 0 Å². The molecule has 54 valence electrons. The highest BCUT2D eigenvalue weighted by Crippen LogP contribution is 2.01. The second-order valence-corrected chi connectivity index (χ2v) is 1.57. The summed E-state index contributed by atoms with van der Waals surface area (Å²) in [6.07, 6.45) is -3.84. The van der Waals surface area contributed by atoms with Gasteiger partial charge in [0, 0.05) is 6.42 Å². The number of carbonyl (C=O) groups is 1. The summed E-state index contributed by atoms with van der Waals surface area (Å²) in [5, 5.41) is 0. The molecular formula is C5H7F3O. The van der Waals surface area contributed by atoms with E-state index in [9.17, 15) is 18.0 Å². The van der Waals surface area contributed by atoms with E-state index in [1.165, 1.54) is 0 Å². The van der Waals surface area contributed by atoms with Crippen LogP contribution in [0.25, 0.3) is 0 Å². The monoisotopic (exact) mass is 140 g/mol. The highest BCUT2D eigenvalue weighted by atomic mass is 19.3. The van der Waals surface area contributed by atoms with Gasteiger partial charge in [-0.3, -0.25) is 9.18 Å². The zero-order valence-corrected chi connectivity index (χ0v) is 4.74. The maximum Gasteiger partial charge on any atom is 0.245 e. The fraction of sp³-hybridized carbons (Fsp3) is 0.800. The minimum absolute atomic E-state index is 0.385. The van der Waals surface area contributed by atoms with Crippen molar-refractivity contribution < 1.29 is 18.0 Å². The molecule has 0 atom stereocenters. The maximum atomic E-state index is 11.3. The van der Waals surface area contributed by atoms with Crippen molar-refractivity contribution in [1.82, 2.24) is 0 Å². The lowest BCUT2D eigenvalue weighted by Gasteiger charge is -1.93. The molecule has 0 aromatic heterocycles. The van der Waals surface area contributed by atoms with Crippen LogP contribution in [0, 0.1) is 0 Å². The van der Waals surface area contributed by atoms with Gasteiger partial charge in [0.05, 0.1) is 13.1 Å². The van der Waals surface area contributed by atoms with E-state index in [1.807, 2.05) is 0 Å². The molecule has 4 heteroatoms. The standard InChI is InChI=1S/C5H7F3O/c6-2-1-4(9)3-5(7)8/h5H,1-3H2. The molecule has 0 aromatic carbocycles. The lowest BCUT2D eigenvalue weighted by atomic mass is 10.2. The van der Waals surface area contributed by atoms with Crippen molar-refractivity contribution in [3.8, 4) is 0 Å². The maximum absolute atomic E-state index is 11.3. The van der Waals surface area contributed by atoms with Crippen molar-refractivity contribution in [1.29, 1.82) is 0 Å². The summed E-state index contributed by atoms with van der Waals surface area (Å²) in [6.45, 7) is -0.842. The molecule has 0 spiro atoms. The van der Waals surface area contributed by atoms with E-state index >= 15 is 0 Å². The topological polar surface area (TPSA) is 17.1 Å². The largest absolute Gasteiger partial charge is 0.299 e. The zero-order valence-electron chi connectivity index (χ0n) is 4.74. The Hall–Kier alpha value is -0.540. The van der Waals surface area contributed by atoms with Gasteiger partial charge < -0.3 is 0 Å². The molecule has 0 N–H and O–H groups in total. The Labute approximate surface area is 50.9 Å². The summed E-state index contributed by atoms with van der Waals surface area (Å²) in [6, 6.07) is 0. The molecule has 0 saturated heterocycles. The van der Waals surface area contributed by atoms with Crippen LogP contribution in [0.5, 0.6) is 0 Å². The van der Waals surface area contributed by atoms with E-state index in [0.717, 1.165) is 0 Å². The van der Waals surface area contributed by atoms with E-state index in [-0.39, 0.29) is 6.42 Å². The zero-order chi connectivity index (χ0) is 7.28. The van der Waals surface area contributed by atoms with Crippen molar-refractivity contribution in [3.05, 3.63) is 0 Å². The van der Waals surface area contributed by atoms with Crippen LogP contribution in [0.3, 0.4) is 0 Å². The van der Waals surface area contributed by atoms with Gasteiger partial charge in [0.2, 0.25) is 6.43 Å². The van der Waals surface area contributed by atoms with Crippen molar-refractivity contribution in [2.24, 2.45) is 0 Å². The van der Waals surface area contributed by atoms with E-state index in [2.05, 4.69) is 0 Å². The molecule has 0 rings (SSSR count). The summed E-state index contributed by atoms with van der Waals surface area (Å²) in [5.74, 6) is -0.715. The molecule has 9 heavy (non-hydrogen) atoms. The Kier molecular flexibility index (Phi) is 4.09. The Bertz CT molecular complexity index is 92.2. The van der Waals surface area contributed by atoms with Gasteiger partial charge in [-0.25, -0.2) is 8.78 Å². The number of alkyl halides is 3. The molecule has 0 amide bonds. The molecular weight excluding hydrogens is 133 g/mol. The fourth-order valence-corrected chi connectivity index (χ4v) is 0.380. The fourth-order valence-electron chi connectivity index (χ4n) is 0.380. The molecule has 0 radical (unpaired) electrons. The third-order valence-corrected chi connectivity index (χ3v) is 0.755.